The SMILES string of the molecule is O=C(O)Cn1cc(CNC(=O)C2(c3ccc(F)cc3F)CCCC2)nn1. The van der Waals surface area contributed by atoms with Crippen LogP contribution in [0, 0.1) is 11.6 Å². The standard InChI is InChI=1S/C17H18F2N4O3/c18-11-3-4-13(14(19)7-11)17(5-1-2-6-17)16(26)20-8-12-9-23(22-21-12)10-15(24)25/h3-4,7,9H,1-2,5-6,8,10H2,(H,20,26)(H,24,25). The molecule has 1 aromatic carbocycles. The quantitative estimate of drug-likeness (QED) is 0.814. The average Bonchev–Trinajstić information content (AvgIpc) is 3.22. The van der Waals surface area contributed by atoms with Gasteiger partial charge in [0.15, 0.2) is 0 Å². The van der Waals surface area contributed by atoms with Gasteiger partial charge in [-0.15, -0.1) is 5.10 Å². The number of carbonyl (C=O) groups excluding carboxylic acids is 1. The topological polar surface area (TPSA) is 97.1 Å². The summed E-state index contributed by atoms with van der Waals surface area (Å²) in [6.45, 7) is -0.283. The molecule has 0 atom stereocenters. The molecule has 1 aliphatic rings. The van der Waals surface area contributed by atoms with E-state index in [4.69, 9.17) is 5.11 Å². The summed E-state index contributed by atoms with van der Waals surface area (Å²) in [6, 6.07) is 3.28. The Labute approximate surface area is 148 Å². The fourth-order valence-electron chi connectivity index (χ4n) is 3.45. The summed E-state index contributed by atoms with van der Waals surface area (Å²) in [5.74, 6) is -2.82. The van der Waals surface area contributed by atoms with Crippen LogP contribution in [0.3, 0.4) is 0 Å². The Morgan fingerprint density at radius 2 is 2.00 bits per heavy atom. The Morgan fingerprint density at radius 1 is 1.27 bits per heavy atom. The minimum atomic E-state index is -1.05. The molecule has 0 saturated heterocycles. The molecule has 1 saturated carbocycles. The van der Waals surface area contributed by atoms with Crippen molar-refractivity contribution >= 4 is 11.9 Å². The van der Waals surface area contributed by atoms with Crippen molar-refractivity contribution in [2.24, 2.45) is 0 Å². The molecule has 0 aliphatic heterocycles. The van der Waals surface area contributed by atoms with Crippen LogP contribution < -0.4 is 5.32 Å². The molecule has 2 N–H and O–H groups in total. The number of rotatable bonds is 6. The van der Waals surface area contributed by atoms with Crippen LogP contribution >= 0.6 is 0 Å². The lowest BCUT2D eigenvalue weighted by Crippen LogP contribution is -2.43. The monoisotopic (exact) mass is 364 g/mol. The minimum Gasteiger partial charge on any atom is -0.480 e. The molecule has 0 spiro atoms. The van der Waals surface area contributed by atoms with Crippen LogP contribution in [-0.4, -0.2) is 32.0 Å². The normalized spacial score (nSPS) is 15.8. The maximum absolute atomic E-state index is 14.3. The van der Waals surface area contributed by atoms with Crippen molar-refractivity contribution in [3.05, 3.63) is 47.3 Å². The lowest BCUT2D eigenvalue weighted by molar-refractivity contribution is -0.138. The summed E-state index contributed by atoms with van der Waals surface area (Å²) in [5.41, 5.74) is -0.440. The smallest absolute Gasteiger partial charge is 0.325 e. The van der Waals surface area contributed by atoms with Crippen LogP contribution in [0.4, 0.5) is 8.78 Å². The number of hydrogen-bond acceptors (Lipinski definition) is 4. The fourth-order valence-corrected chi connectivity index (χ4v) is 3.45. The number of halogens is 2. The third-order valence-corrected chi connectivity index (χ3v) is 4.65. The highest BCUT2D eigenvalue weighted by Gasteiger charge is 2.44. The van der Waals surface area contributed by atoms with Crippen molar-refractivity contribution in [1.29, 1.82) is 0 Å². The molecule has 3 rings (SSSR count). The van der Waals surface area contributed by atoms with E-state index in [1.165, 1.54) is 12.3 Å². The van der Waals surface area contributed by atoms with E-state index in [1.807, 2.05) is 0 Å². The molecule has 1 aromatic heterocycles. The third-order valence-electron chi connectivity index (χ3n) is 4.65. The number of aromatic nitrogens is 3. The van der Waals surface area contributed by atoms with Gasteiger partial charge in [0, 0.05) is 11.6 Å². The number of nitrogens with one attached hydrogen (secondary N) is 1. The van der Waals surface area contributed by atoms with Crippen LogP contribution in [0.5, 0.6) is 0 Å². The fraction of sp³-hybridized carbons (Fsp3) is 0.412. The molecule has 138 valence electrons. The predicted octanol–water partition coefficient (Wildman–Crippen LogP) is 1.77. The number of carbonyl (C=O) groups is 2. The van der Waals surface area contributed by atoms with Gasteiger partial charge < -0.3 is 10.4 Å². The first-order chi connectivity index (χ1) is 12.4. The Hall–Kier alpha value is -2.84. The Morgan fingerprint density at radius 3 is 2.65 bits per heavy atom. The number of amides is 1. The first-order valence-electron chi connectivity index (χ1n) is 8.25. The van der Waals surface area contributed by atoms with E-state index in [0.717, 1.165) is 29.7 Å². The van der Waals surface area contributed by atoms with Crippen molar-refractivity contribution < 1.29 is 23.5 Å². The maximum Gasteiger partial charge on any atom is 0.325 e. The van der Waals surface area contributed by atoms with Gasteiger partial charge in [0.25, 0.3) is 0 Å². The van der Waals surface area contributed by atoms with E-state index in [1.54, 1.807) is 0 Å². The number of carboxylic acid groups (broad SMARTS) is 1. The highest BCUT2D eigenvalue weighted by molar-refractivity contribution is 5.88. The van der Waals surface area contributed by atoms with Gasteiger partial charge in [0.2, 0.25) is 5.91 Å². The van der Waals surface area contributed by atoms with Crippen molar-refractivity contribution in [3.8, 4) is 0 Å². The molecular weight excluding hydrogens is 346 g/mol. The van der Waals surface area contributed by atoms with Crippen LogP contribution in [0.15, 0.2) is 24.4 Å². The largest absolute Gasteiger partial charge is 0.480 e. The molecular formula is C17H18F2N4O3. The predicted molar refractivity (Wildman–Crippen MR) is 86.0 cm³/mol. The Kier molecular flexibility index (Phi) is 4.97. The van der Waals surface area contributed by atoms with Gasteiger partial charge in [-0.3, -0.25) is 9.59 Å². The van der Waals surface area contributed by atoms with Gasteiger partial charge in [0.05, 0.1) is 18.2 Å². The van der Waals surface area contributed by atoms with Gasteiger partial charge in [0.1, 0.15) is 23.9 Å². The molecule has 2 aromatic rings. The molecule has 1 heterocycles. The zero-order chi connectivity index (χ0) is 18.7. The van der Waals surface area contributed by atoms with E-state index in [9.17, 15) is 18.4 Å². The zero-order valence-corrected chi connectivity index (χ0v) is 13.9. The first-order valence-corrected chi connectivity index (χ1v) is 8.25. The van der Waals surface area contributed by atoms with Crippen molar-refractivity contribution in [3.63, 3.8) is 0 Å². The molecule has 7 nitrogen and oxygen atoms in total. The molecule has 1 aliphatic carbocycles. The van der Waals surface area contributed by atoms with E-state index < -0.39 is 23.0 Å². The molecule has 0 radical (unpaired) electrons. The van der Waals surface area contributed by atoms with Gasteiger partial charge in [-0.25, -0.2) is 13.5 Å². The van der Waals surface area contributed by atoms with Crippen molar-refractivity contribution in [1.82, 2.24) is 20.3 Å². The number of carboxylic acids is 1. The highest BCUT2D eigenvalue weighted by Crippen LogP contribution is 2.42. The molecule has 1 fully saturated rings. The molecule has 0 bridgehead atoms. The van der Waals surface area contributed by atoms with Gasteiger partial charge in [-0.1, -0.05) is 24.1 Å². The molecule has 1 amide bonds. The van der Waals surface area contributed by atoms with Crippen molar-refractivity contribution in [2.75, 3.05) is 0 Å². The van der Waals surface area contributed by atoms with E-state index >= 15 is 0 Å². The number of benzene rings is 1. The maximum atomic E-state index is 14.3. The number of aliphatic carboxylic acids is 1. The van der Waals surface area contributed by atoms with Gasteiger partial charge in [-0.2, -0.15) is 0 Å². The number of hydrogen-bond donors (Lipinski definition) is 2. The van der Waals surface area contributed by atoms with Crippen LogP contribution in [0.2, 0.25) is 0 Å². The third kappa shape index (κ3) is 3.56. The lowest BCUT2D eigenvalue weighted by Gasteiger charge is -2.28. The summed E-state index contributed by atoms with van der Waals surface area (Å²) < 4.78 is 28.7. The summed E-state index contributed by atoms with van der Waals surface area (Å²) >= 11 is 0. The van der Waals surface area contributed by atoms with Gasteiger partial charge in [-0.05, 0) is 18.9 Å². The second kappa shape index (κ2) is 7.19. The second-order valence-corrected chi connectivity index (χ2v) is 6.40. The minimum absolute atomic E-state index is 0.0447. The molecule has 26 heavy (non-hydrogen) atoms. The van der Waals surface area contributed by atoms with Crippen LogP contribution in [-0.2, 0) is 28.1 Å². The van der Waals surface area contributed by atoms with Crippen LogP contribution in [0.25, 0.3) is 0 Å². The summed E-state index contributed by atoms with van der Waals surface area (Å²) in [7, 11) is 0. The van der Waals surface area contributed by atoms with Gasteiger partial charge >= 0.3 is 5.97 Å². The van der Waals surface area contributed by atoms with E-state index in [-0.39, 0.29) is 24.6 Å². The summed E-state index contributed by atoms with van der Waals surface area (Å²) in [6.07, 6.45) is 3.94. The first kappa shape index (κ1) is 18.0. The van der Waals surface area contributed by atoms with E-state index in [2.05, 4.69) is 15.6 Å². The number of nitrogens with zero attached hydrogens (tertiary/aromatic N) is 3. The summed E-state index contributed by atoms with van der Waals surface area (Å²) in [4.78, 5) is 23.5. The average molecular weight is 364 g/mol. The molecule has 9 heteroatoms. The zero-order valence-electron chi connectivity index (χ0n) is 13.9. The highest BCUT2D eigenvalue weighted by atomic mass is 19.1. The van der Waals surface area contributed by atoms with E-state index in [0.29, 0.717) is 18.5 Å². The summed E-state index contributed by atoms with van der Waals surface area (Å²) in [5, 5.41) is 18.9. The van der Waals surface area contributed by atoms with Crippen molar-refractivity contribution in [2.45, 2.75) is 44.2 Å². The second-order valence-electron chi connectivity index (χ2n) is 6.40. The molecule has 0 unspecified atom stereocenters. The van der Waals surface area contributed by atoms with Crippen LogP contribution in [0.1, 0.15) is 36.9 Å². The Balaban J connectivity index is 1.75. The lowest BCUT2D eigenvalue weighted by atomic mass is 9.77. The Bertz CT molecular complexity index is 831.